The number of ether oxygens (including phenoxy) is 1. The average Bonchev–Trinajstić information content (AvgIpc) is 2.73. The standard InChI is InChI=1S/C10H17N3O2/c1-7(3-11)4-13-10(14)8-5-15-6-9(8)12-2/h7-9,12H,4-6H2,1-2H3,(H,13,14). The van der Waals surface area contributed by atoms with Gasteiger partial charge in [0.15, 0.2) is 0 Å². The van der Waals surface area contributed by atoms with Gasteiger partial charge in [0.25, 0.3) is 0 Å². The number of nitriles is 1. The molecule has 0 spiro atoms. The van der Waals surface area contributed by atoms with Crippen molar-refractivity contribution in [2.24, 2.45) is 11.8 Å². The lowest BCUT2D eigenvalue weighted by Crippen LogP contribution is -2.43. The molecule has 2 N–H and O–H groups in total. The van der Waals surface area contributed by atoms with Crippen LogP contribution in [0.25, 0.3) is 0 Å². The zero-order chi connectivity index (χ0) is 11.3. The summed E-state index contributed by atoms with van der Waals surface area (Å²) < 4.78 is 5.23. The first kappa shape index (κ1) is 12.0. The lowest BCUT2D eigenvalue weighted by molar-refractivity contribution is -0.125. The highest BCUT2D eigenvalue weighted by molar-refractivity contribution is 5.79. The summed E-state index contributed by atoms with van der Waals surface area (Å²) >= 11 is 0. The van der Waals surface area contributed by atoms with E-state index < -0.39 is 0 Å². The van der Waals surface area contributed by atoms with E-state index in [0.717, 1.165) is 0 Å². The number of carbonyl (C=O) groups excluding carboxylic acids is 1. The Hall–Kier alpha value is -1.12. The van der Waals surface area contributed by atoms with Crippen molar-refractivity contribution in [3.63, 3.8) is 0 Å². The Balaban J connectivity index is 2.37. The molecule has 0 saturated carbocycles. The molecule has 0 aromatic heterocycles. The van der Waals surface area contributed by atoms with Crippen LogP contribution in [0.4, 0.5) is 0 Å². The Morgan fingerprint density at radius 2 is 2.40 bits per heavy atom. The first-order chi connectivity index (χ1) is 7.19. The lowest BCUT2D eigenvalue weighted by Gasteiger charge is -2.16. The van der Waals surface area contributed by atoms with Gasteiger partial charge >= 0.3 is 0 Å². The second kappa shape index (κ2) is 5.69. The summed E-state index contributed by atoms with van der Waals surface area (Å²) in [5.74, 6) is -0.320. The Morgan fingerprint density at radius 3 is 3.00 bits per heavy atom. The van der Waals surface area contributed by atoms with Crippen LogP contribution in [0.2, 0.25) is 0 Å². The fraction of sp³-hybridized carbons (Fsp3) is 0.800. The van der Waals surface area contributed by atoms with Crippen LogP contribution in [0, 0.1) is 23.2 Å². The van der Waals surface area contributed by atoms with Crippen molar-refractivity contribution in [1.82, 2.24) is 10.6 Å². The Bertz CT molecular complexity index is 262. The van der Waals surface area contributed by atoms with E-state index in [-0.39, 0.29) is 23.8 Å². The van der Waals surface area contributed by atoms with E-state index in [0.29, 0.717) is 19.8 Å². The SMILES string of the molecule is CNC1COCC1C(=O)NCC(C)C#N. The van der Waals surface area contributed by atoms with E-state index >= 15 is 0 Å². The van der Waals surface area contributed by atoms with Gasteiger partial charge in [-0.2, -0.15) is 5.26 Å². The molecule has 1 saturated heterocycles. The summed E-state index contributed by atoms with van der Waals surface area (Å²) in [7, 11) is 1.82. The molecule has 0 aromatic rings. The molecule has 15 heavy (non-hydrogen) atoms. The molecule has 84 valence electrons. The number of likely N-dealkylation sites (N-methyl/N-ethyl adjacent to an activating group) is 1. The van der Waals surface area contributed by atoms with E-state index in [1.165, 1.54) is 0 Å². The Labute approximate surface area is 89.8 Å². The molecular weight excluding hydrogens is 194 g/mol. The molecular formula is C10H17N3O2. The van der Waals surface area contributed by atoms with Gasteiger partial charge in [0, 0.05) is 12.6 Å². The summed E-state index contributed by atoms with van der Waals surface area (Å²) in [5.41, 5.74) is 0. The van der Waals surface area contributed by atoms with E-state index in [9.17, 15) is 4.79 Å². The van der Waals surface area contributed by atoms with Crippen LogP contribution in [-0.4, -0.2) is 38.8 Å². The lowest BCUT2D eigenvalue weighted by atomic mass is 10.0. The molecule has 1 amide bonds. The van der Waals surface area contributed by atoms with Crippen molar-refractivity contribution < 1.29 is 9.53 Å². The van der Waals surface area contributed by atoms with Crippen LogP contribution in [0.5, 0.6) is 0 Å². The zero-order valence-electron chi connectivity index (χ0n) is 9.12. The smallest absolute Gasteiger partial charge is 0.227 e. The molecule has 0 aliphatic carbocycles. The highest BCUT2D eigenvalue weighted by Gasteiger charge is 2.32. The van der Waals surface area contributed by atoms with Gasteiger partial charge in [-0.25, -0.2) is 0 Å². The summed E-state index contributed by atoms with van der Waals surface area (Å²) in [6.07, 6.45) is 0. The minimum atomic E-state index is -0.149. The fourth-order valence-electron chi connectivity index (χ4n) is 1.53. The monoisotopic (exact) mass is 211 g/mol. The number of rotatable bonds is 4. The second-order valence-corrected chi connectivity index (χ2v) is 3.81. The summed E-state index contributed by atoms with van der Waals surface area (Å²) in [6, 6.07) is 2.16. The van der Waals surface area contributed by atoms with Crippen molar-refractivity contribution in [2.75, 3.05) is 26.8 Å². The highest BCUT2D eigenvalue weighted by atomic mass is 16.5. The minimum absolute atomic E-state index is 0.0334. The normalized spacial score (nSPS) is 27.0. The maximum atomic E-state index is 11.7. The maximum absolute atomic E-state index is 11.7. The second-order valence-electron chi connectivity index (χ2n) is 3.81. The van der Waals surface area contributed by atoms with Crippen molar-refractivity contribution >= 4 is 5.91 Å². The number of carbonyl (C=O) groups is 1. The van der Waals surface area contributed by atoms with E-state index in [1.54, 1.807) is 6.92 Å². The van der Waals surface area contributed by atoms with Crippen LogP contribution in [0.3, 0.4) is 0 Å². The first-order valence-corrected chi connectivity index (χ1v) is 5.11. The van der Waals surface area contributed by atoms with Crippen molar-refractivity contribution in [3.8, 4) is 6.07 Å². The first-order valence-electron chi connectivity index (χ1n) is 5.11. The molecule has 5 heteroatoms. The molecule has 3 unspecified atom stereocenters. The predicted octanol–water partition coefficient (Wildman–Crippen LogP) is -0.503. The van der Waals surface area contributed by atoms with Gasteiger partial charge in [0.05, 0.1) is 31.1 Å². The van der Waals surface area contributed by atoms with Crippen molar-refractivity contribution in [3.05, 3.63) is 0 Å². The molecule has 0 radical (unpaired) electrons. The molecule has 3 atom stereocenters. The van der Waals surface area contributed by atoms with Gasteiger partial charge in [-0.05, 0) is 14.0 Å². The molecule has 1 rings (SSSR count). The van der Waals surface area contributed by atoms with Gasteiger partial charge in [0.2, 0.25) is 5.91 Å². The van der Waals surface area contributed by atoms with Gasteiger partial charge in [-0.3, -0.25) is 4.79 Å². The van der Waals surface area contributed by atoms with Gasteiger partial charge in [-0.15, -0.1) is 0 Å². The number of nitrogens with zero attached hydrogens (tertiary/aromatic N) is 1. The molecule has 1 fully saturated rings. The molecule has 1 heterocycles. The third-order valence-corrected chi connectivity index (χ3v) is 2.59. The van der Waals surface area contributed by atoms with Crippen LogP contribution in [0.1, 0.15) is 6.92 Å². The molecule has 1 aliphatic heterocycles. The van der Waals surface area contributed by atoms with E-state index in [2.05, 4.69) is 16.7 Å². The summed E-state index contributed by atoms with van der Waals surface area (Å²) in [4.78, 5) is 11.7. The third kappa shape index (κ3) is 3.18. The Kier molecular flexibility index (Phi) is 4.53. The quantitative estimate of drug-likeness (QED) is 0.657. The summed E-state index contributed by atoms with van der Waals surface area (Å²) in [6.45, 7) is 3.21. The van der Waals surface area contributed by atoms with Crippen LogP contribution >= 0.6 is 0 Å². The Morgan fingerprint density at radius 1 is 1.67 bits per heavy atom. The maximum Gasteiger partial charge on any atom is 0.227 e. The van der Waals surface area contributed by atoms with E-state index in [1.807, 2.05) is 7.05 Å². The number of amides is 1. The molecule has 5 nitrogen and oxygen atoms in total. The number of hydrogen-bond acceptors (Lipinski definition) is 4. The number of hydrogen-bond donors (Lipinski definition) is 2. The fourth-order valence-corrected chi connectivity index (χ4v) is 1.53. The zero-order valence-corrected chi connectivity index (χ0v) is 9.12. The number of nitrogens with one attached hydrogen (secondary N) is 2. The third-order valence-electron chi connectivity index (χ3n) is 2.59. The molecule has 0 bridgehead atoms. The largest absolute Gasteiger partial charge is 0.379 e. The van der Waals surface area contributed by atoms with Crippen LogP contribution in [0.15, 0.2) is 0 Å². The van der Waals surface area contributed by atoms with Gasteiger partial charge < -0.3 is 15.4 Å². The molecule has 1 aliphatic rings. The predicted molar refractivity (Wildman–Crippen MR) is 54.9 cm³/mol. The van der Waals surface area contributed by atoms with Crippen LogP contribution < -0.4 is 10.6 Å². The van der Waals surface area contributed by atoms with Crippen LogP contribution in [-0.2, 0) is 9.53 Å². The van der Waals surface area contributed by atoms with Gasteiger partial charge in [0.1, 0.15) is 0 Å². The minimum Gasteiger partial charge on any atom is -0.379 e. The average molecular weight is 211 g/mol. The van der Waals surface area contributed by atoms with Crippen molar-refractivity contribution in [2.45, 2.75) is 13.0 Å². The van der Waals surface area contributed by atoms with Crippen molar-refractivity contribution in [1.29, 1.82) is 5.26 Å². The molecule has 0 aromatic carbocycles. The van der Waals surface area contributed by atoms with E-state index in [4.69, 9.17) is 10.00 Å². The summed E-state index contributed by atoms with van der Waals surface area (Å²) in [5, 5.41) is 14.4. The van der Waals surface area contributed by atoms with Gasteiger partial charge in [-0.1, -0.05) is 0 Å². The highest BCUT2D eigenvalue weighted by Crippen LogP contribution is 2.13. The topological polar surface area (TPSA) is 74.2 Å².